The van der Waals surface area contributed by atoms with E-state index >= 15 is 0 Å². The highest BCUT2D eigenvalue weighted by Crippen LogP contribution is 2.39. The summed E-state index contributed by atoms with van der Waals surface area (Å²) in [6.07, 6.45) is 6.35. The third kappa shape index (κ3) is 3.48. The molecule has 1 aromatic carbocycles. The van der Waals surface area contributed by atoms with Gasteiger partial charge in [0, 0.05) is 30.4 Å². The van der Waals surface area contributed by atoms with E-state index in [-0.39, 0.29) is 11.8 Å². The zero-order valence-electron chi connectivity index (χ0n) is 17.2. The van der Waals surface area contributed by atoms with E-state index in [9.17, 15) is 9.59 Å². The van der Waals surface area contributed by atoms with Gasteiger partial charge in [0.25, 0.3) is 5.91 Å². The first kappa shape index (κ1) is 19.4. The number of carbonyl (C=O) groups excluding carboxylic acids is 2. The molecule has 2 aliphatic heterocycles. The number of pyridine rings is 1. The molecule has 5 rings (SSSR count). The largest absolute Gasteiger partial charge is 0.335 e. The molecule has 2 amide bonds. The lowest BCUT2D eigenvalue weighted by Crippen LogP contribution is -2.61. The number of hydrogen-bond donors (Lipinski definition) is 1. The fraction of sp³-hybridized carbons (Fsp3) is 0.348. The van der Waals surface area contributed by atoms with Crippen LogP contribution in [0.1, 0.15) is 41.7 Å². The summed E-state index contributed by atoms with van der Waals surface area (Å²) in [6, 6.07) is 13.0. The minimum Gasteiger partial charge on any atom is -0.335 e. The number of nitrogens with one attached hydrogen (secondary N) is 1. The Labute approximate surface area is 180 Å². The summed E-state index contributed by atoms with van der Waals surface area (Å²) in [7, 11) is 0. The predicted molar refractivity (Wildman–Crippen MR) is 114 cm³/mol. The van der Waals surface area contributed by atoms with Crippen LogP contribution in [0.15, 0.2) is 55.0 Å². The highest BCUT2D eigenvalue weighted by molar-refractivity contribution is 6.00. The molecule has 0 radical (unpaired) electrons. The van der Waals surface area contributed by atoms with Crippen LogP contribution in [0.3, 0.4) is 0 Å². The molecule has 4 heterocycles. The number of H-pyrrole nitrogens is 1. The Balaban J connectivity index is 1.37. The lowest BCUT2D eigenvalue weighted by molar-refractivity contribution is -0.146. The van der Waals surface area contributed by atoms with Crippen LogP contribution < -0.4 is 0 Å². The van der Waals surface area contributed by atoms with Crippen LogP contribution in [0.4, 0.5) is 0 Å². The molecule has 2 aromatic heterocycles. The monoisotopic (exact) mass is 416 g/mol. The molecule has 1 spiro atoms. The van der Waals surface area contributed by atoms with E-state index in [2.05, 4.69) is 20.2 Å². The van der Waals surface area contributed by atoms with Crippen molar-refractivity contribution in [1.82, 2.24) is 30.0 Å². The molecule has 2 aliphatic rings. The molecule has 8 nitrogen and oxygen atoms in total. The average Bonchev–Trinajstić information content (AvgIpc) is 3.49. The average molecular weight is 416 g/mol. The highest BCUT2D eigenvalue weighted by atomic mass is 16.2. The Morgan fingerprint density at radius 3 is 2.55 bits per heavy atom. The van der Waals surface area contributed by atoms with E-state index < -0.39 is 5.54 Å². The standard InChI is InChI=1S/C23H24N6O2/c30-21(18-8-6-17(7-9-18)20-25-16-26-27-20)29-14-4-11-23(29)10-3-13-28(22(23)31)15-19-5-1-2-12-24-19/h1-2,5-9,12,16H,3-4,10-11,13-15H2,(H,25,26,27). The van der Waals surface area contributed by atoms with E-state index in [1.165, 1.54) is 6.33 Å². The third-order valence-electron chi connectivity index (χ3n) is 6.34. The molecule has 2 saturated heterocycles. The van der Waals surface area contributed by atoms with Gasteiger partial charge in [-0.15, -0.1) is 0 Å². The van der Waals surface area contributed by atoms with Crippen molar-refractivity contribution in [2.24, 2.45) is 0 Å². The minimum absolute atomic E-state index is 0.0496. The van der Waals surface area contributed by atoms with Gasteiger partial charge in [-0.05, 0) is 49.9 Å². The van der Waals surface area contributed by atoms with E-state index in [0.717, 1.165) is 24.1 Å². The van der Waals surface area contributed by atoms with Crippen molar-refractivity contribution in [3.05, 3.63) is 66.2 Å². The van der Waals surface area contributed by atoms with Gasteiger partial charge >= 0.3 is 0 Å². The van der Waals surface area contributed by atoms with Crippen molar-refractivity contribution in [2.75, 3.05) is 13.1 Å². The summed E-state index contributed by atoms with van der Waals surface area (Å²) in [5.41, 5.74) is 1.57. The number of likely N-dealkylation sites (tertiary alicyclic amines) is 2. The van der Waals surface area contributed by atoms with Crippen LogP contribution in [0, 0.1) is 0 Å². The molecule has 0 bridgehead atoms. The van der Waals surface area contributed by atoms with Crippen LogP contribution in [0.5, 0.6) is 0 Å². The van der Waals surface area contributed by atoms with Crippen molar-refractivity contribution in [3.8, 4) is 11.4 Å². The molecule has 2 fully saturated rings. The smallest absolute Gasteiger partial charge is 0.254 e. The van der Waals surface area contributed by atoms with Gasteiger partial charge in [0.2, 0.25) is 5.91 Å². The lowest BCUT2D eigenvalue weighted by Gasteiger charge is -2.44. The fourth-order valence-electron chi connectivity index (χ4n) is 4.83. The highest BCUT2D eigenvalue weighted by Gasteiger charge is 2.52. The second-order valence-corrected chi connectivity index (χ2v) is 8.15. The van der Waals surface area contributed by atoms with E-state index in [0.29, 0.717) is 43.9 Å². The van der Waals surface area contributed by atoms with Gasteiger partial charge in [-0.25, -0.2) is 4.98 Å². The number of nitrogens with zero attached hydrogens (tertiary/aromatic N) is 5. The van der Waals surface area contributed by atoms with Crippen LogP contribution in [0.25, 0.3) is 11.4 Å². The summed E-state index contributed by atoms with van der Waals surface area (Å²) in [5, 5.41) is 6.69. The van der Waals surface area contributed by atoms with E-state index in [1.54, 1.807) is 18.3 Å². The predicted octanol–water partition coefficient (Wildman–Crippen LogP) is 2.66. The number of carbonyl (C=O) groups is 2. The maximum atomic E-state index is 13.6. The van der Waals surface area contributed by atoms with Crippen molar-refractivity contribution in [1.29, 1.82) is 0 Å². The van der Waals surface area contributed by atoms with Crippen molar-refractivity contribution >= 4 is 11.8 Å². The maximum absolute atomic E-state index is 13.6. The SMILES string of the molecule is O=C(c1ccc(-c2ncn[nH]2)cc1)N1CCCC12CCCN(Cc1ccccn1)C2=O. The van der Waals surface area contributed by atoms with Crippen LogP contribution in [0.2, 0.25) is 0 Å². The Hall–Kier alpha value is -3.55. The van der Waals surface area contributed by atoms with Gasteiger partial charge in [-0.2, -0.15) is 5.10 Å². The first-order valence-corrected chi connectivity index (χ1v) is 10.6. The van der Waals surface area contributed by atoms with Gasteiger partial charge < -0.3 is 9.80 Å². The Kier molecular flexibility index (Phi) is 4.97. The summed E-state index contributed by atoms with van der Waals surface area (Å²) < 4.78 is 0. The number of hydrogen-bond acceptors (Lipinski definition) is 5. The molecule has 0 aliphatic carbocycles. The molecule has 158 valence electrons. The molecule has 1 atom stereocenters. The number of aromatic nitrogens is 4. The molecule has 31 heavy (non-hydrogen) atoms. The molecule has 3 aromatic rings. The maximum Gasteiger partial charge on any atom is 0.254 e. The first-order chi connectivity index (χ1) is 15.2. The quantitative estimate of drug-likeness (QED) is 0.706. The Morgan fingerprint density at radius 1 is 1.03 bits per heavy atom. The summed E-state index contributed by atoms with van der Waals surface area (Å²) in [5.74, 6) is 0.618. The topological polar surface area (TPSA) is 95.1 Å². The number of rotatable bonds is 4. The van der Waals surface area contributed by atoms with Gasteiger partial charge in [-0.3, -0.25) is 19.7 Å². The van der Waals surface area contributed by atoms with Crippen molar-refractivity contribution in [3.63, 3.8) is 0 Å². The summed E-state index contributed by atoms with van der Waals surface area (Å²) in [6.45, 7) is 1.78. The fourth-order valence-corrected chi connectivity index (χ4v) is 4.83. The van der Waals surface area contributed by atoms with E-state index in [1.807, 2.05) is 40.1 Å². The molecule has 1 N–H and O–H groups in total. The van der Waals surface area contributed by atoms with Crippen LogP contribution >= 0.6 is 0 Å². The Morgan fingerprint density at radius 2 is 1.84 bits per heavy atom. The summed E-state index contributed by atoms with van der Waals surface area (Å²) in [4.78, 5) is 39.2. The number of aromatic amines is 1. The number of amides is 2. The summed E-state index contributed by atoms with van der Waals surface area (Å²) >= 11 is 0. The van der Waals surface area contributed by atoms with Gasteiger partial charge in [0.1, 0.15) is 11.9 Å². The first-order valence-electron chi connectivity index (χ1n) is 10.6. The van der Waals surface area contributed by atoms with E-state index in [4.69, 9.17) is 0 Å². The molecule has 1 unspecified atom stereocenters. The van der Waals surface area contributed by atoms with Gasteiger partial charge in [-0.1, -0.05) is 18.2 Å². The molecular weight excluding hydrogens is 392 g/mol. The van der Waals surface area contributed by atoms with Crippen molar-refractivity contribution in [2.45, 2.75) is 37.8 Å². The zero-order chi connectivity index (χ0) is 21.3. The molecule has 0 saturated carbocycles. The number of piperidine rings is 1. The number of benzene rings is 1. The molecule has 8 heteroatoms. The molecular formula is C23H24N6O2. The van der Waals surface area contributed by atoms with Crippen LogP contribution in [-0.2, 0) is 11.3 Å². The second kappa shape index (κ2) is 7.94. The van der Waals surface area contributed by atoms with Gasteiger partial charge in [0.15, 0.2) is 5.82 Å². The third-order valence-corrected chi connectivity index (χ3v) is 6.34. The second-order valence-electron chi connectivity index (χ2n) is 8.15. The Bertz CT molecular complexity index is 1070. The lowest BCUT2D eigenvalue weighted by atomic mass is 9.85. The van der Waals surface area contributed by atoms with Crippen LogP contribution in [-0.4, -0.2) is 60.4 Å². The van der Waals surface area contributed by atoms with Gasteiger partial charge in [0.05, 0.1) is 12.2 Å². The zero-order valence-corrected chi connectivity index (χ0v) is 17.2. The van der Waals surface area contributed by atoms with Crippen molar-refractivity contribution < 1.29 is 9.59 Å². The minimum atomic E-state index is -0.742. The normalized spacial score (nSPS) is 21.1.